The van der Waals surface area contributed by atoms with E-state index in [4.69, 9.17) is 9.47 Å². The second kappa shape index (κ2) is 5.79. The molecule has 6 heteroatoms. The summed E-state index contributed by atoms with van der Waals surface area (Å²) >= 11 is 0. The number of amides is 1. The third-order valence-electron chi connectivity index (χ3n) is 4.14. The number of nitrogens with zero attached hydrogens (tertiary/aromatic N) is 3. The maximum absolute atomic E-state index is 12.9. The minimum absolute atomic E-state index is 0.106. The van der Waals surface area contributed by atoms with Gasteiger partial charge >= 0.3 is 0 Å². The zero-order valence-electron chi connectivity index (χ0n) is 12.6. The van der Waals surface area contributed by atoms with Crippen LogP contribution in [0.1, 0.15) is 11.6 Å². The number of hydrogen-bond acceptors (Lipinski definition) is 4. The largest absolute Gasteiger partial charge is 0.494 e. The fourth-order valence-corrected chi connectivity index (χ4v) is 3.05. The van der Waals surface area contributed by atoms with Gasteiger partial charge in [-0.25, -0.2) is 0 Å². The van der Waals surface area contributed by atoms with Crippen LogP contribution >= 0.6 is 0 Å². The molecule has 2 aliphatic rings. The van der Waals surface area contributed by atoms with E-state index in [1.165, 1.54) is 6.26 Å². The molecule has 3 heterocycles. The molecule has 0 bridgehead atoms. The van der Waals surface area contributed by atoms with Gasteiger partial charge in [0.1, 0.15) is 19.5 Å². The Morgan fingerprint density at radius 1 is 1.22 bits per heavy atom. The van der Waals surface area contributed by atoms with Crippen LogP contribution in [-0.4, -0.2) is 35.4 Å². The van der Waals surface area contributed by atoms with Crippen LogP contribution in [0.2, 0.25) is 0 Å². The van der Waals surface area contributed by atoms with Crippen molar-refractivity contribution in [2.75, 3.05) is 24.7 Å². The molecule has 0 spiro atoms. The number of benzene rings is 1. The van der Waals surface area contributed by atoms with Gasteiger partial charge in [0, 0.05) is 24.6 Å². The van der Waals surface area contributed by atoms with Crippen molar-refractivity contribution in [2.24, 2.45) is 0 Å². The summed E-state index contributed by atoms with van der Waals surface area (Å²) in [6.07, 6.45) is 5.94. The lowest BCUT2D eigenvalue weighted by Crippen LogP contribution is -2.42. The molecular formula is C17H17N3O3. The van der Waals surface area contributed by atoms with Crippen molar-refractivity contribution in [3.8, 4) is 0 Å². The summed E-state index contributed by atoms with van der Waals surface area (Å²) in [5, 5.41) is 4.33. The highest BCUT2D eigenvalue weighted by Crippen LogP contribution is 2.32. The number of carbonyl (C=O) groups is 1. The minimum Gasteiger partial charge on any atom is -0.494 e. The molecule has 2 aromatic rings. The first-order valence-electron chi connectivity index (χ1n) is 7.66. The maximum Gasteiger partial charge on any atom is 0.296 e. The molecule has 118 valence electrons. The van der Waals surface area contributed by atoms with Gasteiger partial charge in [-0.15, -0.1) is 0 Å². The number of para-hydroxylation sites is 1. The van der Waals surface area contributed by atoms with E-state index in [0.717, 1.165) is 17.7 Å². The second-order valence-electron chi connectivity index (χ2n) is 5.59. The molecule has 0 saturated heterocycles. The van der Waals surface area contributed by atoms with Gasteiger partial charge in [0.25, 0.3) is 5.91 Å². The van der Waals surface area contributed by atoms with Crippen molar-refractivity contribution < 1.29 is 14.3 Å². The highest BCUT2D eigenvalue weighted by Gasteiger charge is 2.32. The van der Waals surface area contributed by atoms with E-state index in [-0.39, 0.29) is 17.7 Å². The van der Waals surface area contributed by atoms with E-state index in [1.807, 2.05) is 35.1 Å². The third kappa shape index (κ3) is 2.56. The zero-order chi connectivity index (χ0) is 15.6. The van der Waals surface area contributed by atoms with Crippen LogP contribution in [0.5, 0.6) is 0 Å². The number of ether oxygens (including phenoxy) is 2. The van der Waals surface area contributed by atoms with Crippen LogP contribution in [0.3, 0.4) is 0 Å². The van der Waals surface area contributed by atoms with Gasteiger partial charge in [-0.1, -0.05) is 18.2 Å². The monoisotopic (exact) mass is 311 g/mol. The van der Waals surface area contributed by atoms with Gasteiger partial charge in [0.15, 0.2) is 0 Å². The van der Waals surface area contributed by atoms with Gasteiger partial charge < -0.3 is 14.4 Å². The molecule has 1 amide bonds. The Morgan fingerprint density at radius 2 is 2.13 bits per heavy atom. The fourth-order valence-electron chi connectivity index (χ4n) is 3.05. The predicted molar refractivity (Wildman–Crippen MR) is 83.8 cm³/mol. The standard InChI is InChI=1S/C17H17N3O3/c21-17(16-12-22-8-9-23-16)19-11-14(20-7-3-6-18-20)10-13-4-1-2-5-15(13)19/h1-7,12,14H,8-11H2/t14-/m1/s1. The van der Waals surface area contributed by atoms with Crippen molar-refractivity contribution in [2.45, 2.75) is 12.5 Å². The minimum atomic E-state index is -0.172. The van der Waals surface area contributed by atoms with E-state index in [1.54, 1.807) is 11.1 Å². The summed E-state index contributed by atoms with van der Waals surface area (Å²) in [4.78, 5) is 14.6. The Hall–Kier alpha value is -2.76. The van der Waals surface area contributed by atoms with Crippen LogP contribution in [-0.2, 0) is 20.7 Å². The van der Waals surface area contributed by atoms with Gasteiger partial charge in [-0.05, 0) is 24.1 Å². The molecule has 0 radical (unpaired) electrons. The molecule has 0 aliphatic carbocycles. The molecule has 0 N–H and O–H groups in total. The number of hydrogen-bond donors (Lipinski definition) is 0. The summed E-state index contributed by atoms with van der Waals surface area (Å²) in [5.41, 5.74) is 2.06. The van der Waals surface area contributed by atoms with Crippen molar-refractivity contribution in [3.05, 3.63) is 60.3 Å². The van der Waals surface area contributed by atoms with Gasteiger partial charge in [-0.3, -0.25) is 9.48 Å². The SMILES string of the molecule is O=C(C1=COCCO1)N1C[C@H](n2cccn2)Cc2ccccc21. The van der Waals surface area contributed by atoms with Gasteiger partial charge in [-0.2, -0.15) is 5.10 Å². The molecule has 4 rings (SSSR count). The molecule has 1 aromatic carbocycles. The Morgan fingerprint density at radius 3 is 2.91 bits per heavy atom. The van der Waals surface area contributed by atoms with Crippen LogP contribution in [0, 0.1) is 0 Å². The highest BCUT2D eigenvalue weighted by atomic mass is 16.6. The van der Waals surface area contributed by atoms with Crippen LogP contribution in [0.4, 0.5) is 5.69 Å². The Bertz CT molecular complexity index is 739. The lowest BCUT2D eigenvalue weighted by atomic mass is 9.97. The summed E-state index contributed by atoms with van der Waals surface area (Å²) in [6.45, 7) is 1.43. The van der Waals surface area contributed by atoms with Crippen molar-refractivity contribution in [1.82, 2.24) is 9.78 Å². The van der Waals surface area contributed by atoms with E-state index in [2.05, 4.69) is 11.2 Å². The molecule has 1 atom stereocenters. The van der Waals surface area contributed by atoms with Gasteiger partial charge in [0.05, 0.1) is 6.04 Å². The molecular weight excluding hydrogens is 294 g/mol. The summed E-state index contributed by atoms with van der Waals surface area (Å²) < 4.78 is 12.6. The van der Waals surface area contributed by atoms with Crippen molar-refractivity contribution in [1.29, 1.82) is 0 Å². The number of rotatable bonds is 2. The first kappa shape index (κ1) is 13.9. The van der Waals surface area contributed by atoms with Crippen LogP contribution < -0.4 is 4.90 Å². The first-order valence-corrected chi connectivity index (χ1v) is 7.66. The van der Waals surface area contributed by atoms with Crippen molar-refractivity contribution >= 4 is 11.6 Å². The van der Waals surface area contributed by atoms with Crippen LogP contribution in [0.25, 0.3) is 0 Å². The Labute approximate surface area is 133 Å². The molecule has 6 nitrogen and oxygen atoms in total. The third-order valence-corrected chi connectivity index (χ3v) is 4.14. The maximum atomic E-state index is 12.9. The first-order chi connectivity index (χ1) is 11.3. The lowest BCUT2D eigenvalue weighted by molar-refractivity contribution is -0.120. The normalized spacial score (nSPS) is 20.1. The Balaban J connectivity index is 1.69. The number of anilines is 1. The fraction of sp³-hybridized carbons (Fsp3) is 0.294. The number of fused-ring (bicyclic) bond motifs is 1. The topological polar surface area (TPSA) is 56.6 Å². The summed E-state index contributed by atoms with van der Waals surface area (Å²) in [5.74, 6) is 0.0844. The molecule has 1 aromatic heterocycles. The number of carbonyl (C=O) groups excluding carboxylic acids is 1. The molecule has 23 heavy (non-hydrogen) atoms. The Kier molecular flexibility index (Phi) is 3.49. The average Bonchev–Trinajstić information content (AvgIpc) is 3.15. The lowest BCUT2D eigenvalue weighted by Gasteiger charge is -2.35. The summed E-state index contributed by atoms with van der Waals surface area (Å²) in [6, 6.07) is 9.96. The van der Waals surface area contributed by atoms with Crippen LogP contribution in [0.15, 0.2) is 54.7 Å². The number of aromatic nitrogens is 2. The van der Waals surface area contributed by atoms with E-state index >= 15 is 0 Å². The average molecular weight is 311 g/mol. The quantitative estimate of drug-likeness (QED) is 0.850. The molecule has 2 aliphatic heterocycles. The molecule has 0 saturated carbocycles. The second-order valence-corrected chi connectivity index (χ2v) is 5.59. The van der Waals surface area contributed by atoms with E-state index in [0.29, 0.717) is 19.8 Å². The summed E-state index contributed by atoms with van der Waals surface area (Å²) in [7, 11) is 0. The molecule has 0 fully saturated rings. The van der Waals surface area contributed by atoms with E-state index in [9.17, 15) is 4.79 Å². The van der Waals surface area contributed by atoms with Gasteiger partial charge in [0.2, 0.25) is 5.76 Å². The molecule has 0 unspecified atom stereocenters. The zero-order valence-corrected chi connectivity index (χ0v) is 12.6. The van der Waals surface area contributed by atoms with Crippen molar-refractivity contribution in [3.63, 3.8) is 0 Å². The van der Waals surface area contributed by atoms with E-state index < -0.39 is 0 Å². The predicted octanol–water partition coefficient (Wildman–Crippen LogP) is 1.90. The highest BCUT2D eigenvalue weighted by molar-refractivity contribution is 6.04. The smallest absolute Gasteiger partial charge is 0.296 e.